The van der Waals surface area contributed by atoms with Gasteiger partial charge in [-0.1, -0.05) is 30.7 Å². The number of carbonyl (C=O) groups is 1. The third-order valence-electron chi connectivity index (χ3n) is 4.55. The third kappa shape index (κ3) is 6.59. The topological polar surface area (TPSA) is 110 Å². The molecule has 1 N–H and O–H groups in total. The van der Waals surface area contributed by atoms with Gasteiger partial charge >= 0.3 is 0 Å². The van der Waals surface area contributed by atoms with E-state index in [9.17, 15) is 21.6 Å². The molecular weight excluding hydrogens is 464 g/mol. The molecule has 0 saturated heterocycles. The van der Waals surface area contributed by atoms with E-state index in [1.54, 1.807) is 18.2 Å². The van der Waals surface area contributed by atoms with Crippen LogP contribution in [0.25, 0.3) is 0 Å². The number of amides is 1. The van der Waals surface area contributed by atoms with Crippen molar-refractivity contribution in [3.05, 3.63) is 53.1 Å². The van der Waals surface area contributed by atoms with Crippen LogP contribution in [-0.4, -0.2) is 48.9 Å². The van der Waals surface area contributed by atoms with E-state index in [2.05, 4.69) is 5.32 Å². The van der Waals surface area contributed by atoms with Gasteiger partial charge in [0.05, 0.1) is 30.0 Å². The number of ether oxygens (including phenoxy) is 1. The zero-order chi connectivity index (χ0) is 23.4. The van der Waals surface area contributed by atoms with E-state index in [1.165, 1.54) is 31.4 Å². The molecule has 1 amide bonds. The first-order valence-corrected chi connectivity index (χ1v) is 13.4. The summed E-state index contributed by atoms with van der Waals surface area (Å²) in [6.45, 7) is 1.37. The van der Waals surface area contributed by atoms with Gasteiger partial charge in [0, 0.05) is 11.3 Å². The Labute approximate surface area is 188 Å². The maximum Gasteiger partial charge on any atom is 0.241 e. The van der Waals surface area contributed by atoms with Crippen molar-refractivity contribution in [2.24, 2.45) is 0 Å². The number of halogens is 1. The standard InChI is InChI=1S/C20H25ClN2O6S2/c1-5-17(14-6-9-16(10-7-14)30(3,25)26)22-20(24)13-23(31(4,27)28)18-12-15(21)8-11-19(18)29-2/h6-12,17H,5,13H2,1-4H3,(H,22,24). The summed E-state index contributed by atoms with van der Waals surface area (Å²) >= 11 is 6.02. The van der Waals surface area contributed by atoms with Gasteiger partial charge < -0.3 is 10.1 Å². The van der Waals surface area contributed by atoms with Gasteiger partial charge in [-0.05, 0) is 42.3 Å². The third-order valence-corrected chi connectivity index (χ3v) is 7.04. The number of hydrogen-bond donors (Lipinski definition) is 1. The molecule has 0 aliphatic carbocycles. The predicted octanol–water partition coefficient (Wildman–Crippen LogP) is 2.79. The number of hydrogen-bond acceptors (Lipinski definition) is 6. The Morgan fingerprint density at radius 2 is 1.71 bits per heavy atom. The fourth-order valence-electron chi connectivity index (χ4n) is 2.98. The molecule has 1 atom stereocenters. The first-order valence-electron chi connectivity index (χ1n) is 9.27. The number of methoxy groups -OCH3 is 1. The molecule has 2 aromatic rings. The van der Waals surface area contributed by atoms with Gasteiger partial charge in [0.25, 0.3) is 0 Å². The van der Waals surface area contributed by atoms with Gasteiger partial charge in [-0.15, -0.1) is 0 Å². The summed E-state index contributed by atoms with van der Waals surface area (Å²) in [7, 11) is -5.77. The number of benzene rings is 2. The second kappa shape index (κ2) is 9.88. The van der Waals surface area contributed by atoms with Crippen LogP contribution in [0.1, 0.15) is 24.9 Å². The molecule has 1 unspecified atom stereocenters. The van der Waals surface area contributed by atoms with Gasteiger partial charge in [-0.25, -0.2) is 16.8 Å². The molecule has 2 aromatic carbocycles. The van der Waals surface area contributed by atoms with Crippen LogP contribution < -0.4 is 14.4 Å². The van der Waals surface area contributed by atoms with E-state index in [-0.39, 0.29) is 16.3 Å². The minimum absolute atomic E-state index is 0.151. The fourth-order valence-corrected chi connectivity index (χ4v) is 4.63. The molecule has 0 aliphatic rings. The van der Waals surface area contributed by atoms with E-state index in [4.69, 9.17) is 16.3 Å². The molecule has 0 saturated carbocycles. The Morgan fingerprint density at radius 3 is 2.19 bits per heavy atom. The van der Waals surface area contributed by atoms with Crippen molar-refractivity contribution in [1.82, 2.24) is 5.32 Å². The van der Waals surface area contributed by atoms with Gasteiger partial charge in [0.15, 0.2) is 9.84 Å². The Hall–Kier alpha value is -2.30. The number of nitrogens with one attached hydrogen (secondary N) is 1. The van der Waals surface area contributed by atoms with E-state index in [0.29, 0.717) is 17.0 Å². The molecule has 170 valence electrons. The molecule has 0 aromatic heterocycles. The smallest absolute Gasteiger partial charge is 0.241 e. The molecule has 8 nitrogen and oxygen atoms in total. The zero-order valence-electron chi connectivity index (χ0n) is 17.6. The van der Waals surface area contributed by atoms with Crippen LogP contribution >= 0.6 is 11.6 Å². The number of sulfone groups is 1. The number of anilines is 1. The summed E-state index contributed by atoms with van der Waals surface area (Å²) in [5.74, 6) is -0.280. The summed E-state index contributed by atoms with van der Waals surface area (Å²) in [6, 6.07) is 10.2. The average Bonchev–Trinajstić information content (AvgIpc) is 2.69. The van der Waals surface area contributed by atoms with Crippen LogP contribution in [0.5, 0.6) is 5.75 Å². The molecule has 0 heterocycles. The molecule has 0 fully saturated rings. The maximum absolute atomic E-state index is 12.7. The Morgan fingerprint density at radius 1 is 1.10 bits per heavy atom. The molecule has 0 radical (unpaired) electrons. The van der Waals surface area contributed by atoms with E-state index < -0.39 is 38.4 Å². The summed E-state index contributed by atoms with van der Waals surface area (Å²) in [4.78, 5) is 12.9. The summed E-state index contributed by atoms with van der Waals surface area (Å²) in [5, 5.41) is 3.09. The molecule has 0 bridgehead atoms. The van der Waals surface area contributed by atoms with Crippen molar-refractivity contribution >= 4 is 43.1 Å². The molecular formula is C20H25ClN2O6S2. The second-order valence-corrected chi connectivity index (χ2v) is 11.3. The monoisotopic (exact) mass is 488 g/mol. The second-order valence-electron chi connectivity index (χ2n) is 6.96. The van der Waals surface area contributed by atoms with Crippen molar-refractivity contribution < 1.29 is 26.4 Å². The molecule has 2 rings (SSSR count). The minimum atomic E-state index is -3.82. The normalized spacial score (nSPS) is 12.8. The summed E-state index contributed by atoms with van der Waals surface area (Å²) in [5.41, 5.74) is 0.854. The first-order chi connectivity index (χ1) is 14.4. The van der Waals surface area contributed by atoms with Crippen LogP contribution in [0.2, 0.25) is 5.02 Å². The van der Waals surface area contributed by atoms with E-state index in [0.717, 1.165) is 16.8 Å². The quantitative estimate of drug-likeness (QED) is 0.581. The Balaban J connectivity index is 2.27. The summed E-state index contributed by atoms with van der Waals surface area (Å²) in [6.07, 6.45) is 2.62. The number of carbonyl (C=O) groups excluding carboxylic acids is 1. The van der Waals surface area contributed by atoms with Crippen molar-refractivity contribution in [3.8, 4) is 5.75 Å². The molecule has 11 heteroatoms. The van der Waals surface area contributed by atoms with Gasteiger partial charge in [0.2, 0.25) is 15.9 Å². The van der Waals surface area contributed by atoms with Gasteiger partial charge in [-0.3, -0.25) is 9.10 Å². The van der Waals surface area contributed by atoms with Crippen molar-refractivity contribution in [1.29, 1.82) is 0 Å². The van der Waals surface area contributed by atoms with Crippen LogP contribution in [0.15, 0.2) is 47.4 Å². The van der Waals surface area contributed by atoms with Crippen molar-refractivity contribution in [3.63, 3.8) is 0 Å². The number of rotatable bonds is 9. The van der Waals surface area contributed by atoms with Crippen molar-refractivity contribution in [2.75, 3.05) is 30.5 Å². The number of nitrogens with zero attached hydrogens (tertiary/aromatic N) is 1. The van der Waals surface area contributed by atoms with Gasteiger partial charge in [-0.2, -0.15) is 0 Å². The Bertz CT molecular complexity index is 1150. The highest BCUT2D eigenvalue weighted by Crippen LogP contribution is 2.32. The lowest BCUT2D eigenvalue weighted by molar-refractivity contribution is -0.120. The fraction of sp³-hybridized carbons (Fsp3) is 0.350. The zero-order valence-corrected chi connectivity index (χ0v) is 20.0. The predicted molar refractivity (Wildman–Crippen MR) is 121 cm³/mol. The lowest BCUT2D eigenvalue weighted by Crippen LogP contribution is -2.41. The Kier molecular flexibility index (Phi) is 7.96. The molecule has 0 aliphatic heterocycles. The molecule has 31 heavy (non-hydrogen) atoms. The highest BCUT2D eigenvalue weighted by Gasteiger charge is 2.25. The maximum atomic E-state index is 12.7. The lowest BCUT2D eigenvalue weighted by atomic mass is 10.0. The van der Waals surface area contributed by atoms with Crippen LogP contribution in [0.3, 0.4) is 0 Å². The number of sulfonamides is 1. The van der Waals surface area contributed by atoms with E-state index >= 15 is 0 Å². The van der Waals surface area contributed by atoms with E-state index in [1.807, 2.05) is 6.92 Å². The molecule has 0 spiro atoms. The average molecular weight is 489 g/mol. The first kappa shape index (κ1) is 25.0. The van der Waals surface area contributed by atoms with Gasteiger partial charge in [0.1, 0.15) is 12.3 Å². The SMILES string of the molecule is CCC(NC(=O)CN(c1cc(Cl)ccc1OC)S(C)(=O)=O)c1ccc(S(C)(=O)=O)cc1. The summed E-state index contributed by atoms with van der Waals surface area (Å²) < 4.78 is 54.2. The van der Waals surface area contributed by atoms with Crippen molar-refractivity contribution in [2.45, 2.75) is 24.3 Å². The lowest BCUT2D eigenvalue weighted by Gasteiger charge is -2.25. The largest absolute Gasteiger partial charge is 0.495 e. The van der Waals surface area contributed by atoms with Crippen LogP contribution in [0.4, 0.5) is 5.69 Å². The highest BCUT2D eigenvalue weighted by atomic mass is 35.5. The minimum Gasteiger partial charge on any atom is -0.495 e. The van der Waals surface area contributed by atoms with Crippen LogP contribution in [0, 0.1) is 0 Å². The highest BCUT2D eigenvalue weighted by molar-refractivity contribution is 7.92. The van der Waals surface area contributed by atoms with Crippen LogP contribution in [-0.2, 0) is 24.7 Å².